The predicted molar refractivity (Wildman–Crippen MR) is 51.6 cm³/mol. The lowest BCUT2D eigenvalue weighted by atomic mass is 10.4. The van der Waals surface area contributed by atoms with Crippen molar-refractivity contribution in [1.82, 2.24) is 5.06 Å². The van der Waals surface area contributed by atoms with Gasteiger partial charge in [-0.3, -0.25) is 9.63 Å². The van der Waals surface area contributed by atoms with Gasteiger partial charge in [-0.05, 0) is 6.42 Å². The molecule has 0 atom stereocenters. The van der Waals surface area contributed by atoms with Crippen LogP contribution in [0.25, 0.3) is 0 Å². The maximum atomic E-state index is 11.3. The molecule has 3 nitrogen and oxygen atoms in total. The van der Waals surface area contributed by atoms with E-state index in [1.165, 1.54) is 5.06 Å². The Labute approximate surface area is 79.3 Å². The Hall–Kier alpha value is -1.27. The van der Waals surface area contributed by atoms with Crippen LogP contribution < -0.4 is 0 Å². The summed E-state index contributed by atoms with van der Waals surface area (Å²) in [5, 5.41) is 1.29. The van der Waals surface area contributed by atoms with Gasteiger partial charge in [0.25, 0.3) is 0 Å². The van der Waals surface area contributed by atoms with E-state index in [9.17, 15) is 4.79 Å². The van der Waals surface area contributed by atoms with Gasteiger partial charge in [0.15, 0.2) is 0 Å². The van der Waals surface area contributed by atoms with Crippen molar-refractivity contribution in [3.8, 4) is 12.3 Å². The van der Waals surface area contributed by atoms with Crippen molar-refractivity contribution in [2.45, 2.75) is 19.8 Å². The van der Waals surface area contributed by atoms with E-state index < -0.39 is 0 Å². The van der Waals surface area contributed by atoms with E-state index in [-0.39, 0.29) is 18.9 Å². The highest BCUT2D eigenvalue weighted by atomic mass is 16.7. The number of rotatable bonds is 6. The molecule has 0 aromatic carbocycles. The van der Waals surface area contributed by atoms with Crippen molar-refractivity contribution in [2.75, 3.05) is 13.2 Å². The fourth-order valence-corrected chi connectivity index (χ4v) is 0.805. The van der Waals surface area contributed by atoms with Gasteiger partial charge in [-0.2, -0.15) is 0 Å². The molecule has 0 heterocycles. The summed E-state index contributed by atoms with van der Waals surface area (Å²) in [6.07, 6.45) is 7.68. The third-order valence-electron chi connectivity index (χ3n) is 1.33. The summed E-state index contributed by atoms with van der Waals surface area (Å²) >= 11 is 0. The van der Waals surface area contributed by atoms with Crippen LogP contribution >= 0.6 is 0 Å². The van der Waals surface area contributed by atoms with Crippen LogP contribution in [0.4, 0.5) is 0 Å². The van der Waals surface area contributed by atoms with Crippen LogP contribution in [0.15, 0.2) is 12.7 Å². The first-order valence-corrected chi connectivity index (χ1v) is 4.23. The molecule has 3 heteroatoms. The van der Waals surface area contributed by atoms with Crippen LogP contribution in [0.5, 0.6) is 0 Å². The molecule has 0 aromatic heterocycles. The Morgan fingerprint density at radius 2 is 2.46 bits per heavy atom. The van der Waals surface area contributed by atoms with E-state index >= 15 is 0 Å². The minimum atomic E-state index is -0.105. The molecule has 72 valence electrons. The zero-order chi connectivity index (χ0) is 10.1. The maximum absolute atomic E-state index is 11.3. The predicted octanol–water partition coefficient (Wildman–Crippen LogP) is 1.37. The normalized spacial score (nSPS) is 8.92. The van der Waals surface area contributed by atoms with Crippen molar-refractivity contribution in [2.24, 2.45) is 0 Å². The number of terminal acetylenes is 1. The van der Waals surface area contributed by atoms with Crippen molar-refractivity contribution in [3.63, 3.8) is 0 Å². The number of carbonyl (C=O) groups is 1. The molecule has 0 N–H and O–H groups in total. The lowest BCUT2D eigenvalue weighted by molar-refractivity contribution is -0.180. The summed E-state index contributed by atoms with van der Waals surface area (Å²) in [6, 6.07) is 0. The zero-order valence-corrected chi connectivity index (χ0v) is 7.95. The van der Waals surface area contributed by atoms with Gasteiger partial charge >= 0.3 is 0 Å². The van der Waals surface area contributed by atoms with Crippen molar-refractivity contribution in [3.05, 3.63) is 12.7 Å². The summed E-state index contributed by atoms with van der Waals surface area (Å²) in [4.78, 5) is 16.3. The third kappa shape index (κ3) is 5.05. The van der Waals surface area contributed by atoms with Gasteiger partial charge in [0.1, 0.15) is 6.61 Å². The van der Waals surface area contributed by atoms with E-state index in [0.29, 0.717) is 6.54 Å². The molecule has 0 unspecified atom stereocenters. The van der Waals surface area contributed by atoms with Crippen LogP contribution in [0.1, 0.15) is 19.8 Å². The number of amides is 1. The monoisotopic (exact) mass is 181 g/mol. The molecular weight excluding hydrogens is 166 g/mol. The van der Waals surface area contributed by atoms with Crippen molar-refractivity contribution >= 4 is 5.91 Å². The molecule has 0 saturated heterocycles. The van der Waals surface area contributed by atoms with E-state index in [1.807, 2.05) is 6.92 Å². The third-order valence-corrected chi connectivity index (χ3v) is 1.33. The first-order valence-electron chi connectivity index (χ1n) is 4.23. The molecular formula is C10H15NO2. The Morgan fingerprint density at radius 3 is 2.92 bits per heavy atom. The second-order valence-electron chi connectivity index (χ2n) is 2.47. The molecule has 0 fully saturated rings. The number of carbonyl (C=O) groups excluding carboxylic acids is 1. The summed E-state index contributed by atoms with van der Waals surface area (Å²) in [6.45, 7) is 6.14. The van der Waals surface area contributed by atoms with Crippen LogP contribution in [0.2, 0.25) is 0 Å². The van der Waals surface area contributed by atoms with Gasteiger partial charge in [0, 0.05) is 13.0 Å². The summed E-state index contributed by atoms with van der Waals surface area (Å²) in [5.41, 5.74) is 0. The van der Waals surface area contributed by atoms with Crippen LogP contribution in [-0.4, -0.2) is 24.1 Å². The molecule has 0 aromatic rings. The molecule has 0 aliphatic carbocycles. The Bertz CT molecular complexity index is 205. The second-order valence-corrected chi connectivity index (χ2v) is 2.47. The summed E-state index contributed by atoms with van der Waals surface area (Å²) in [7, 11) is 0. The molecule has 0 spiro atoms. The number of nitrogens with zero attached hydrogens (tertiary/aromatic N) is 1. The zero-order valence-electron chi connectivity index (χ0n) is 7.95. The van der Waals surface area contributed by atoms with Crippen LogP contribution in [0.3, 0.4) is 0 Å². The fraction of sp³-hybridized carbons (Fsp3) is 0.500. The topological polar surface area (TPSA) is 29.5 Å². The first kappa shape index (κ1) is 11.7. The quantitative estimate of drug-likeness (QED) is 0.352. The molecule has 0 aliphatic rings. The van der Waals surface area contributed by atoms with Crippen LogP contribution in [0, 0.1) is 12.3 Å². The number of hydrogen-bond donors (Lipinski definition) is 0. The van der Waals surface area contributed by atoms with Gasteiger partial charge < -0.3 is 0 Å². The van der Waals surface area contributed by atoms with E-state index in [1.54, 1.807) is 6.08 Å². The van der Waals surface area contributed by atoms with Gasteiger partial charge in [-0.15, -0.1) is 13.0 Å². The largest absolute Gasteiger partial charge is 0.272 e. The number of hydroxylamine groups is 2. The highest BCUT2D eigenvalue weighted by Crippen LogP contribution is 1.98. The Morgan fingerprint density at radius 1 is 1.77 bits per heavy atom. The molecule has 1 amide bonds. The summed E-state index contributed by atoms with van der Waals surface area (Å²) < 4.78 is 0. The second kappa shape index (κ2) is 7.38. The van der Waals surface area contributed by atoms with Gasteiger partial charge in [-0.25, -0.2) is 5.06 Å². The average Bonchev–Trinajstić information content (AvgIpc) is 2.12. The average molecular weight is 181 g/mol. The standard InChI is InChI=1S/C10H15NO2/c1-4-7-10(12)11(8-5-2)13-9-6-3/h3-4H,1,5,7-9H2,2H3. The van der Waals surface area contributed by atoms with E-state index in [2.05, 4.69) is 12.5 Å². The Kier molecular flexibility index (Phi) is 6.66. The lowest BCUT2D eigenvalue weighted by Crippen LogP contribution is -2.31. The SMILES string of the molecule is C#CCON(CCC)C(=O)CC=C. The van der Waals surface area contributed by atoms with E-state index in [4.69, 9.17) is 11.3 Å². The van der Waals surface area contributed by atoms with Gasteiger partial charge in [0.05, 0.1) is 0 Å². The molecule has 0 saturated carbocycles. The van der Waals surface area contributed by atoms with Crippen molar-refractivity contribution in [1.29, 1.82) is 0 Å². The van der Waals surface area contributed by atoms with Crippen LogP contribution in [-0.2, 0) is 9.63 Å². The molecule has 13 heavy (non-hydrogen) atoms. The molecule has 0 aliphatic heterocycles. The first-order chi connectivity index (χ1) is 6.26. The van der Waals surface area contributed by atoms with Crippen molar-refractivity contribution < 1.29 is 9.63 Å². The highest BCUT2D eigenvalue weighted by molar-refractivity contribution is 5.76. The minimum Gasteiger partial charge on any atom is -0.272 e. The molecule has 0 rings (SSSR count). The smallest absolute Gasteiger partial charge is 0.249 e. The number of hydrogen-bond acceptors (Lipinski definition) is 2. The van der Waals surface area contributed by atoms with Gasteiger partial charge in [0.2, 0.25) is 5.91 Å². The Balaban J connectivity index is 3.99. The maximum Gasteiger partial charge on any atom is 0.249 e. The molecule has 0 bridgehead atoms. The summed E-state index contributed by atoms with van der Waals surface area (Å²) in [5.74, 6) is 2.21. The lowest BCUT2D eigenvalue weighted by Gasteiger charge is -2.19. The van der Waals surface area contributed by atoms with Gasteiger partial charge in [-0.1, -0.05) is 18.9 Å². The highest BCUT2D eigenvalue weighted by Gasteiger charge is 2.10. The molecule has 0 radical (unpaired) electrons. The minimum absolute atomic E-state index is 0.105. The fourth-order valence-electron chi connectivity index (χ4n) is 0.805. The van der Waals surface area contributed by atoms with E-state index in [0.717, 1.165) is 6.42 Å².